The SMILES string of the molecule is Cc1cc(C(C)(C)C)c(OP(OCC(C)(C)C)Oc2c(C(C)(C)C)cc(C)cc2C(C)(C)C)c(C(C)(C)C)c1. The van der Waals surface area contributed by atoms with E-state index < -0.39 is 8.60 Å². The molecule has 0 N–H and O–H groups in total. The molecule has 220 valence electrons. The predicted octanol–water partition coefficient (Wildman–Crippen LogP) is 11.2. The number of rotatable bonds is 6. The number of hydrogen-bond donors (Lipinski definition) is 0. The highest BCUT2D eigenvalue weighted by molar-refractivity contribution is 7.42. The van der Waals surface area contributed by atoms with Crippen molar-refractivity contribution >= 4 is 8.60 Å². The van der Waals surface area contributed by atoms with Crippen LogP contribution in [0, 0.1) is 19.3 Å². The fourth-order valence-corrected chi connectivity index (χ4v) is 5.77. The third kappa shape index (κ3) is 9.22. The molecule has 0 heterocycles. The van der Waals surface area contributed by atoms with Crippen LogP contribution in [0.25, 0.3) is 0 Å². The van der Waals surface area contributed by atoms with Gasteiger partial charge in [0.2, 0.25) is 0 Å². The molecule has 0 aliphatic rings. The molecule has 0 bridgehead atoms. The van der Waals surface area contributed by atoms with Crippen LogP contribution in [0.2, 0.25) is 0 Å². The first-order valence-electron chi connectivity index (χ1n) is 14.4. The van der Waals surface area contributed by atoms with E-state index in [-0.39, 0.29) is 27.1 Å². The third-order valence-corrected chi connectivity index (χ3v) is 7.64. The van der Waals surface area contributed by atoms with E-state index in [0.717, 1.165) is 11.5 Å². The maximum Gasteiger partial charge on any atom is 0.463 e. The van der Waals surface area contributed by atoms with Crippen LogP contribution >= 0.6 is 8.60 Å². The van der Waals surface area contributed by atoms with Gasteiger partial charge in [-0.1, -0.05) is 139 Å². The first-order valence-corrected chi connectivity index (χ1v) is 15.5. The van der Waals surface area contributed by atoms with E-state index in [0.29, 0.717) is 6.61 Å². The number of hydrogen-bond acceptors (Lipinski definition) is 3. The van der Waals surface area contributed by atoms with Crippen molar-refractivity contribution in [3.05, 3.63) is 57.6 Å². The van der Waals surface area contributed by atoms with Gasteiger partial charge < -0.3 is 9.05 Å². The summed E-state index contributed by atoms with van der Waals surface area (Å²) in [5.74, 6) is 1.78. The van der Waals surface area contributed by atoms with E-state index in [1.54, 1.807) is 0 Å². The van der Waals surface area contributed by atoms with Gasteiger partial charge in [0, 0.05) is 22.3 Å². The lowest BCUT2D eigenvalue weighted by Gasteiger charge is -2.34. The zero-order chi connectivity index (χ0) is 30.4. The molecule has 39 heavy (non-hydrogen) atoms. The molecule has 2 aromatic carbocycles. The molecule has 2 aromatic rings. The summed E-state index contributed by atoms with van der Waals surface area (Å²) < 4.78 is 20.5. The van der Waals surface area contributed by atoms with E-state index in [1.165, 1.54) is 33.4 Å². The highest BCUT2D eigenvalue weighted by Gasteiger charge is 2.35. The molecule has 0 aliphatic heterocycles. The fraction of sp³-hybridized carbons (Fsp3) is 0.657. The topological polar surface area (TPSA) is 27.7 Å². The number of benzene rings is 2. The average Bonchev–Trinajstić information content (AvgIpc) is 2.70. The summed E-state index contributed by atoms with van der Waals surface area (Å²) in [7, 11) is -1.75. The Bertz CT molecular complexity index is 989. The van der Waals surface area contributed by atoms with Crippen LogP contribution in [0.3, 0.4) is 0 Å². The molecule has 0 amide bonds. The van der Waals surface area contributed by atoms with Gasteiger partial charge in [0.05, 0.1) is 6.61 Å². The summed E-state index contributed by atoms with van der Waals surface area (Å²) in [6.07, 6.45) is 0. The lowest BCUT2D eigenvalue weighted by Crippen LogP contribution is -2.22. The molecule has 0 fully saturated rings. The second-order valence-electron chi connectivity index (χ2n) is 16.6. The Kier molecular flexibility index (Phi) is 9.80. The molecular weight excluding hydrogens is 499 g/mol. The van der Waals surface area contributed by atoms with Crippen molar-refractivity contribution < 1.29 is 13.6 Å². The highest BCUT2D eigenvalue weighted by atomic mass is 31.2. The van der Waals surface area contributed by atoms with Crippen molar-refractivity contribution in [3.63, 3.8) is 0 Å². The molecule has 0 spiro atoms. The van der Waals surface area contributed by atoms with Crippen molar-refractivity contribution in [1.82, 2.24) is 0 Å². The quantitative estimate of drug-likeness (QED) is 0.331. The zero-order valence-electron chi connectivity index (χ0n) is 28.2. The van der Waals surface area contributed by atoms with Crippen molar-refractivity contribution in [3.8, 4) is 11.5 Å². The van der Waals surface area contributed by atoms with Gasteiger partial charge in [-0.05, 0) is 40.9 Å². The molecule has 0 radical (unpaired) electrons. The minimum Gasteiger partial charge on any atom is -0.417 e. The van der Waals surface area contributed by atoms with Gasteiger partial charge in [0.25, 0.3) is 0 Å². The molecule has 0 saturated heterocycles. The Morgan fingerprint density at radius 3 is 0.949 bits per heavy atom. The summed E-state index contributed by atoms with van der Waals surface area (Å²) in [4.78, 5) is 0. The monoisotopic (exact) mass is 556 g/mol. The molecule has 3 nitrogen and oxygen atoms in total. The minimum atomic E-state index is -1.75. The Morgan fingerprint density at radius 1 is 0.487 bits per heavy atom. The van der Waals surface area contributed by atoms with Crippen molar-refractivity contribution in [2.45, 2.75) is 139 Å². The van der Waals surface area contributed by atoms with Gasteiger partial charge in [-0.25, -0.2) is 0 Å². The molecule has 2 rings (SSSR count). The van der Waals surface area contributed by atoms with E-state index in [9.17, 15) is 0 Å². The maximum atomic E-state index is 6.97. The van der Waals surface area contributed by atoms with Gasteiger partial charge in [-0.3, -0.25) is 4.52 Å². The zero-order valence-corrected chi connectivity index (χ0v) is 29.1. The average molecular weight is 557 g/mol. The lowest BCUT2D eigenvalue weighted by molar-refractivity contribution is 0.176. The predicted molar refractivity (Wildman–Crippen MR) is 171 cm³/mol. The van der Waals surface area contributed by atoms with E-state index >= 15 is 0 Å². The summed E-state index contributed by atoms with van der Waals surface area (Å²) in [6, 6.07) is 9.04. The van der Waals surface area contributed by atoms with Crippen LogP contribution in [-0.2, 0) is 26.2 Å². The van der Waals surface area contributed by atoms with Crippen molar-refractivity contribution in [1.29, 1.82) is 0 Å². The van der Waals surface area contributed by atoms with Gasteiger partial charge in [-0.2, -0.15) is 0 Å². The van der Waals surface area contributed by atoms with Crippen LogP contribution in [0.15, 0.2) is 24.3 Å². The molecule has 0 aromatic heterocycles. The van der Waals surface area contributed by atoms with E-state index in [4.69, 9.17) is 13.6 Å². The minimum absolute atomic E-state index is 0.0344. The first kappa shape index (κ1) is 33.6. The number of aryl methyl sites for hydroxylation is 2. The Balaban J connectivity index is 2.82. The molecule has 0 unspecified atom stereocenters. The third-order valence-electron chi connectivity index (χ3n) is 6.63. The molecule has 0 atom stereocenters. The van der Waals surface area contributed by atoms with E-state index in [2.05, 4.69) is 142 Å². The normalized spacial score (nSPS) is 13.7. The Hall–Kier alpha value is -1.57. The summed E-state index contributed by atoms with van der Waals surface area (Å²) in [6.45, 7) is 38.4. The standard InChI is InChI=1S/C35H57O3P/c1-23-18-25(32(6,7)8)29(26(19-23)33(9,10)11)37-39(36-22-31(3,4)5)38-30-27(34(12,13)14)20-24(2)21-28(30)35(15,16)17/h18-21H,22H2,1-17H3. The second-order valence-corrected chi connectivity index (χ2v) is 17.7. The fourth-order valence-electron chi connectivity index (χ4n) is 4.44. The highest BCUT2D eigenvalue weighted by Crippen LogP contribution is 2.52. The molecule has 0 aliphatic carbocycles. The maximum absolute atomic E-state index is 6.97. The van der Waals surface area contributed by atoms with Gasteiger partial charge in [0.15, 0.2) is 0 Å². The van der Waals surface area contributed by atoms with Crippen LogP contribution in [-0.4, -0.2) is 6.61 Å². The van der Waals surface area contributed by atoms with Gasteiger partial charge in [-0.15, -0.1) is 0 Å². The van der Waals surface area contributed by atoms with E-state index in [1.807, 2.05) is 0 Å². The van der Waals surface area contributed by atoms with Crippen LogP contribution in [0.5, 0.6) is 11.5 Å². The summed E-state index contributed by atoms with van der Waals surface area (Å²) >= 11 is 0. The largest absolute Gasteiger partial charge is 0.463 e. The van der Waals surface area contributed by atoms with Crippen molar-refractivity contribution in [2.24, 2.45) is 5.41 Å². The van der Waals surface area contributed by atoms with Crippen molar-refractivity contribution in [2.75, 3.05) is 6.61 Å². The van der Waals surface area contributed by atoms with Crippen LogP contribution in [0.4, 0.5) is 0 Å². The van der Waals surface area contributed by atoms with Crippen LogP contribution in [0.1, 0.15) is 137 Å². The molecule has 4 heteroatoms. The smallest absolute Gasteiger partial charge is 0.417 e. The van der Waals surface area contributed by atoms with Gasteiger partial charge in [0.1, 0.15) is 11.5 Å². The Labute approximate surface area is 242 Å². The Morgan fingerprint density at radius 2 is 0.744 bits per heavy atom. The summed E-state index contributed by atoms with van der Waals surface area (Å²) in [5, 5.41) is 0. The molecular formula is C35H57O3P. The van der Waals surface area contributed by atoms with Gasteiger partial charge >= 0.3 is 8.60 Å². The van der Waals surface area contributed by atoms with Crippen LogP contribution < -0.4 is 9.05 Å². The summed E-state index contributed by atoms with van der Waals surface area (Å²) in [5.41, 5.74) is 6.73. The lowest BCUT2D eigenvalue weighted by atomic mass is 9.78. The molecule has 0 saturated carbocycles. The first-order chi connectivity index (χ1) is 17.3. The second kappa shape index (κ2) is 11.4.